The van der Waals surface area contributed by atoms with E-state index in [4.69, 9.17) is 47.0 Å². The summed E-state index contributed by atoms with van der Waals surface area (Å²) in [6.45, 7) is -2.64. The molecule has 0 bridgehead atoms. The number of hydrogen-bond donors (Lipinski definition) is 13. The Morgan fingerprint density at radius 1 is 0.652 bits per heavy atom. The van der Waals surface area contributed by atoms with Gasteiger partial charge in [0.05, 0.1) is 34.0 Å². The Balaban J connectivity index is 1.23. The molecule has 3 aliphatic heterocycles. The molecule has 3 fully saturated rings. The van der Waals surface area contributed by atoms with E-state index >= 15 is 0 Å². The molecular formula is C44H50O25. The minimum absolute atomic E-state index is 0.0156. The number of aromatic hydroxyl groups is 3. The summed E-state index contributed by atoms with van der Waals surface area (Å²) < 4.78 is 56.3. The van der Waals surface area contributed by atoms with Crippen LogP contribution in [0.1, 0.15) is 5.56 Å². The summed E-state index contributed by atoms with van der Waals surface area (Å²) in [6, 6.07) is 9.67. The predicted molar refractivity (Wildman–Crippen MR) is 227 cm³/mol. The molecule has 0 saturated carbocycles. The van der Waals surface area contributed by atoms with Crippen LogP contribution in [-0.4, -0.2) is 199 Å². The van der Waals surface area contributed by atoms with E-state index in [1.807, 2.05) is 0 Å². The third-order valence-electron chi connectivity index (χ3n) is 11.5. The maximum absolute atomic E-state index is 14.5. The summed E-state index contributed by atoms with van der Waals surface area (Å²) in [5.41, 5.74) is -1.25. The minimum atomic E-state index is -2.05. The van der Waals surface area contributed by atoms with Crippen LogP contribution < -0.4 is 24.4 Å². The molecule has 3 aromatic carbocycles. The van der Waals surface area contributed by atoms with Crippen molar-refractivity contribution in [2.45, 2.75) is 92.1 Å². The Kier molecular flexibility index (Phi) is 15.8. The Hall–Kier alpha value is -5.88. The van der Waals surface area contributed by atoms with Crippen LogP contribution in [0, 0.1) is 0 Å². The van der Waals surface area contributed by atoms with Gasteiger partial charge >= 0.3 is 5.97 Å². The fraction of sp³-hybridized carbons (Fsp3) is 0.455. The number of carbonyl (C=O) groups excluding carboxylic acids is 1. The van der Waals surface area contributed by atoms with Crippen molar-refractivity contribution < 1.29 is 118 Å². The van der Waals surface area contributed by atoms with Crippen LogP contribution >= 0.6 is 0 Å². The quantitative estimate of drug-likeness (QED) is 0.0418. The zero-order valence-electron chi connectivity index (χ0n) is 36.3. The van der Waals surface area contributed by atoms with Gasteiger partial charge in [0, 0.05) is 23.8 Å². The van der Waals surface area contributed by atoms with Crippen molar-refractivity contribution in [1.82, 2.24) is 0 Å². The van der Waals surface area contributed by atoms with Crippen molar-refractivity contribution in [1.29, 1.82) is 0 Å². The van der Waals surface area contributed by atoms with E-state index in [2.05, 4.69) is 0 Å². The molecule has 15 unspecified atom stereocenters. The number of fused-ring (bicyclic) bond motifs is 1. The molecule has 69 heavy (non-hydrogen) atoms. The minimum Gasteiger partial charge on any atom is -0.508 e. The number of aliphatic hydroxyl groups is 10. The molecule has 1 aromatic heterocycles. The molecule has 0 spiro atoms. The maximum atomic E-state index is 14.5. The highest BCUT2D eigenvalue weighted by Gasteiger charge is 2.52. The van der Waals surface area contributed by atoms with Gasteiger partial charge in [-0.15, -0.1) is 0 Å². The highest BCUT2D eigenvalue weighted by molar-refractivity contribution is 5.89. The molecule has 13 N–H and O–H groups in total. The number of hydrogen-bond acceptors (Lipinski definition) is 25. The van der Waals surface area contributed by atoms with Crippen molar-refractivity contribution in [2.75, 3.05) is 34.0 Å². The van der Waals surface area contributed by atoms with E-state index in [0.29, 0.717) is 5.56 Å². The molecule has 376 valence electrons. The lowest BCUT2D eigenvalue weighted by molar-refractivity contribution is -0.358. The molecule has 25 nitrogen and oxygen atoms in total. The van der Waals surface area contributed by atoms with Gasteiger partial charge in [-0.25, -0.2) is 4.79 Å². The molecule has 3 saturated heterocycles. The van der Waals surface area contributed by atoms with E-state index in [0.717, 1.165) is 18.2 Å². The van der Waals surface area contributed by atoms with Gasteiger partial charge in [0.2, 0.25) is 29.5 Å². The van der Waals surface area contributed by atoms with Crippen molar-refractivity contribution in [2.24, 2.45) is 0 Å². The van der Waals surface area contributed by atoms with Crippen LogP contribution in [-0.2, 0) is 28.5 Å². The molecule has 0 aliphatic carbocycles. The summed E-state index contributed by atoms with van der Waals surface area (Å²) in [5, 5.41) is 136. The molecule has 0 amide bonds. The second-order valence-electron chi connectivity index (χ2n) is 15.9. The largest absolute Gasteiger partial charge is 0.508 e. The smallest absolute Gasteiger partial charge is 0.331 e. The third-order valence-corrected chi connectivity index (χ3v) is 11.5. The zero-order chi connectivity index (χ0) is 50.0. The number of methoxy groups -OCH3 is 2. The molecular weight excluding hydrogens is 928 g/mol. The second-order valence-corrected chi connectivity index (χ2v) is 15.9. The number of aliphatic hydroxyl groups excluding tert-OH is 10. The summed E-state index contributed by atoms with van der Waals surface area (Å²) in [4.78, 5) is 27.7. The average Bonchev–Trinajstić information content (AvgIpc) is 3.33. The SMILES string of the molecule is COc1cc(C=CC(=O)OC2C(Oc3cc(O)c4c(=O)c(OC5OC(CO)C(O)C(O)C5OC5OC(CO)C(O)C(O)C5O)c(-c5ccc(O)cc5)oc4c3)OC(CO)C(O)C2O)cc(OC)c1O. The Bertz CT molecular complexity index is 2490. The lowest BCUT2D eigenvalue weighted by atomic mass is 9.97. The van der Waals surface area contributed by atoms with Crippen LogP contribution in [0.2, 0.25) is 0 Å². The van der Waals surface area contributed by atoms with E-state index < -0.39 is 152 Å². The Labute approximate surface area is 388 Å². The molecule has 3 aliphatic rings. The standard InChI is InChI=1S/C44H50O25/c1-60-22-9-16(10-23(61-2)29(22)51)3-8-27(50)67-40-35(57)31(53)25(14-46)65-43(40)62-19-11-20(49)28-21(12-19)63-38(17-4-6-18(48)7-5-17)39(33(28)55)68-44-41(36(58)32(54)26(15-47)66-44)69-42-37(59)34(56)30(52)24(13-45)64-42/h3-12,24-26,30-32,34-37,40-49,51-54,56-59H,13-15H2,1-2H3. The predicted octanol–water partition coefficient (Wildman–Crippen LogP) is -2.96. The molecule has 25 heteroatoms. The Morgan fingerprint density at radius 3 is 1.75 bits per heavy atom. The van der Waals surface area contributed by atoms with Crippen LogP contribution in [0.25, 0.3) is 28.4 Å². The van der Waals surface area contributed by atoms with Crippen LogP contribution in [0.5, 0.6) is 40.2 Å². The highest BCUT2D eigenvalue weighted by Crippen LogP contribution is 2.40. The van der Waals surface area contributed by atoms with Crippen LogP contribution in [0.4, 0.5) is 0 Å². The molecule has 4 aromatic rings. The monoisotopic (exact) mass is 978 g/mol. The first-order chi connectivity index (χ1) is 32.9. The van der Waals surface area contributed by atoms with Gasteiger partial charge in [0.1, 0.15) is 89.3 Å². The molecule has 0 radical (unpaired) electrons. The van der Waals surface area contributed by atoms with Crippen LogP contribution in [0.15, 0.2) is 63.8 Å². The van der Waals surface area contributed by atoms with Gasteiger partial charge < -0.3 is 113 Å². The van der Waals surface area contributed by atoms with E-state index in [9.17, 15) is 76.0 Å². The van der Waals surface area contributed by atoms with Crippen molar-refractivity contribution >= 4 is 23.0 Å². The molecule has 15 atom stereocenters. The zero-order valence-corrected chi connectivity index (χ0v) is 36.3. The topological polar surface area (TPSA) is 393 Å². The maximum Gasteiger partial charge on any atom is 0.331 e. The van der Waals surface area contributed by atoms with Gasteiger partial charge in [-0.1, -0.05) is 0 Å². The summed E-state index contributed by atoms with van der Waals surface area (Å²) in [7, 11) is 2.59. The molecule has 7 rings (SSSR count). The van der Waals surface area contributed by atoms with E-state index in [1.54, 1.807) is 0 Å². The van der Waals surface area contributed by atoms with Gasteiger partial charge in [-0.05, 0) is 48.0 Å². The lowest BCUT2D eigenvalue weighted by Gasteiger charge is -2.45. The number of rotatable bonds is 15. The Morgan fingerprint density at radius 2 is 1.19 bits per heavy atom. The number of benzene rings is 3. The number of carbonyl (C=O) groups is 1. The molecule has 4 heterocycles. The fourth-order valence-corrected chi connectivity index (χ4v) is 7.74. The fourth-order valence-electron chi connectivity index (χ4n) is 7.74. The second kappa shape index (κ2) is 21.4. The average molecular weight is 979 g/mol. The lowest BCUT2D eigenvalue weighted by Crippen LogP contribution is -2.65. The summed E-state index contributed by atoms with van der Waals surface area (Å²) >= 11 is 0. The number of esters is 1. The van der Waals surface area contributed by atoms with Crippen molar-refractivity contribution in [3.63, 3.8) is 0 Å². The van der Waals surface area contributed by atoms with Gasteiger partial charge in [-0.2, -0.15) is 0 Å². The first-order valence-electron chi connectivity index (χ1n) is 20.9. The third kappa shape index (κ3) is 10.4. The number of phenolic OH excluding ortho intramolecular Hbond substituents is 3. The normalized spacial score (nSPS) is 31.6. The van der Waals surface area contributed by atoms with Crippen LogP contribution in [0.3, 0.4) is 0 Å². The number of ether oxygens (including phenoxy) is 9. The first kappa shape index (κ1) is 51.0. The van der Waals surface area contributed by atoms with Gasteiger partial charge in [0.25, 0.3) is 0 Å². The van der Waals surface area contributed by atoms with Gasteiger partial charge in [-0.3, -0.25) is 4.79 Å². The van der Waals surface area contributed by atoms with E-state index in [-0.39, 0.29) is 34.3 Å². The van der Waals surface area contributed by atoms with Crippen molar-refractivity contribution in [3.8, 4) is 51.6 Å². The van der Waals surface area contributed by atoms with Gasteiger partial charge in [0.15, 0.2) is 35.8 Å². The summed E-state index contributed by atoms with van der Waals surface area (Å²) in [5.74, 6) is -4.05. The first-order valence-corrected chi connectivity index (χ1v) is 20.9. The highest BCUT2D eigenvalue weighted by atomic mass is 16.8. The van der Waals surface area contributed by atoms with Crippen molar-refractivity contribution in [3.05, 3.63) is 70.4 Å². The number of phenols is 3. The summed E-state index contributed by atoms with van der Waals surface area (Å²) in [6.07, 6.45) is -25.5. The van der Waals surface area contributed by atoms with E-state index in [1.165, 1.54) is 56.7 Å².